The van der Waals surface area contributed by atoms with Crippen LogP contribution in [0.2, 0.25) is 0 Å². The maximum Gasteiger partial charge on any atom is 0.159 e. The molecule has 0 saturated carbocycles. The van der Waals surface area contributed by atoms with Crippen molar-refractivity contribution < 1.29 is 12.8 Å². The van der Waals surface area contributed by atoms with Crippen molar-refractivity contribution in [2.45, 2.75) is 18.4 Å². The highest BCUT2D eigenvalue weighted by Gasteiger charge is 2.18. The molecule has 0 saturated heterocycles. The van der Waals surface area contributed by atoms with Gasteiger partial charge in [-0.2, -0.15) is 0 Å². The van der Waals surface area contributed by atoms with Crippen molar-refractivity contribution in [3.05, 3.63) is 46.2 Å². The monoisotopic (exact) mass is 286 g/mol. The van der Waals surface area contributed by atoms with E-state index in [2.05, 4.69) is 9.59 Å². The number of hydrogen-bond acceptors (Lipinski definition) is 5. The van der Waals surface area contributed by atoms with Gasteiger partial charge in [0.1, 0.15) is 5.82 Å². The zero-order valence-electron chi connectivity index (χ0n) is 9.63. The molecular weight excluding hydrogens is 275 g/mol. The van der Waals surface area contributed by atoms with E-state index in [1.165, 1.54) is 18.2 Å². The van der Waals surface area contributed by atoms with E-state index >= 15 is 0 Å². The zero-order chi connectivity index (χ0) is 13.2. The molecule has 0 aliphatic carbocycles. The Labute approximate surface area is 109 Å². The van der Waals surface area contributed by atoms with E-state index in [0.717, 1.165) is 11.5 Å². The second-order valence-electron chi connectivity index (χ2n) is 3.91. The summed E-state index contributed by atoms with van der Waals surface area (Å²) in [5.41, 5.74) is 0.796. The highest BCUT2D eigenvalue weighted by atomic mass is 32.2. The molecule has 0 amide bonds. The first kappa shape index (κ1) is 13.1. The molecule has 0 atom stereocenters. The molecule has 1 aromatic carbocycles. The molecule has 0 aliphatic heterocycles. The summed E-state index contributed by atoms with van der Waals surface area (Å²) in [5.74, 6) is -0.956. The minimum absolute atomic E-state index is 0.148. The van der Waals surface area contributed by atoms with Gasteiger partial charge in [0, 0.05) is 5.56 Å². The van der Waals surface area contributed by atoms with Crippen LogP contribution >= 0.6 is 11.5 Å². The summed E-state index contributed by atoms with van der Waals surface area (Å²) in [7, 11) is -3.41. The van der Waals surface area contributed by atoms with Gasteiger partial charge in [-0.15, -0.1) is 5.10 Å². The number of benzene rings is 1. The first-order valence-electron chi connectivity index (χ1n) is 5.19. The molecule has 2 rings (SSSR count). The molecule has 0 N–H and O–H groups in total. The second-order valence-corrected chi connectivity index (χ2v) is 6.81. The normalized spacial score (nSPS) is 11.7. The number of halogens is 1. The number of aryl methyl sites for hydroxylation is 1. The van der Waals surface area contributed by atoms with Crippen molar-refractivity contribution in [3.8, 4) is 0 Å². The summed E-state index contributed by atoms with van der Waals surface area (Å²) in [5, 5.41) is 3.76. The predicted octanol–water partition coefficient (Wildman–Crippen LogP) is 2.10. The van der Waals surface area contributed by atoms with E-state index in [1.807, 2.05) is 0 Å². The largest absolute Gasteiger partial charge is 0.228 e. The fraction of sp³-hybridized carbons (Fsp3) is 0.273. The minimum atomic E-state index is -3.41. The van der Waals surface area contributed by atoms with Gasteiger partial charge in [-0.1, -0.05) is 22.7 Å². The topological polar surface area (TPSA) is 59.9 Å². The Morgan fingerprint density at radius 3 is 2.61 bits per heavy atom. The van der Waals surface area contributed by atoms with Gasteiger partial charge in [0.25, 0.3) is 0 Å². The average Bonchev–Trinajstić information content (AvgIpc) is 2.67. The highest BCUT2D eigenvalue weighted by Crippen LogP contribution is 2.18. The van der Waals surface area contributed by atoms with Gasteiger partial charge in [-0.3, -0.25) is 0 Å². The molecule has 0 aliphatic rings. The molecule has 0 spiro atoms. The van der Waals surface area contributed by atoms with Crippen LogP contribution in [0, 0.1) is 12.7 Å². The molecule has 7 heteroatoms. The Bertz CT molecular complexity index is 653. The molecule has 1 aromatic heterocycles. The molecule has 96 valence electrons. The summed E-state index contributed by atoms with van der Waals surface area (Å²) >= 11 is 1.06. The second kappa shape index (κ2) is 5.11. The molecule has 0 radical (unpaired) electrons. The summed E-state index contributed by atoms with van der Waals surface area (Å²) in [6.45, 7) is 1.71. The van der Waals surface area contributed by atoms with Gasteiger partial charge in [0.15, 0.2) is 9.84 Å². The van der Waals surface area contributed by atoms with Crippen molar-refractivity contribution in [3.63, 3.8) is 0 Å². The van der Waals surface area contributed by atoms with Crippen molar-refractivity contribution in [1.29, 1.82) is 0 Å². The molecule has 2 aromatic rings. The first-order chi connectivity index (χ1) is 8.48. The summed E-state index contributed by atoms with van der Waals surface area (Å²) in [6, 6.07) is 5.88. The van der Waals surface area contributed by atoms with Crippen LogP contribution in [-0.2, 0) is 21.3 Å². The lowest BCUT2D eigenvalue weighted by Gasteiger charge is -2.04. The lowest BCUT2D eigenvalue weighted by Crippen LogP contribution is -2.08. The Kier molecular flexibility index (Phi) is 3.72. The zero-order valence-corrected chi connectivity index (χ0v) is 11.3. The molecule has 1 heterocycles. The molecule has 0 unspecified atom stereocenters. The smallest absolute Gasteiger partial charge is 0.159 e. The Balaban J connectivity index is 2.18. The predicted molar refractivity (Wildman–Crippen MR) is 67.4 cm³/mol. The number of rotatable bonds is 4. The van der Waals surface area contributed by atoms with Crippen LogP contribution in [-0.4, -0.2) is 18.0 Å². The number of sulfone groups is 1. The maximum absolute atomic E-state index is 13.4. The van der Waals surface area contributed by atoms with Crippen LogP contribution in [0.3, 0.4) is 0 Å². The fourth-order valence-electron chi connectivity index (χ4n) is 1.49. The average molecular weight is 286 g/mol. The third-order valence-electron chi connectivity index (χ3n) is 2.43. The molecular formula is C11H11FN2O2S2. The molecule has 4 nitrogen and oxygen atoms in total. The van der Waals surface area contributed by atoms with Gasteiger partial charge in [0.2, 0.25) is 0 Å². The van der Waals surface area contributed by atoms with Crippen LogP contribution in [0.5, 0.6) is 0 Å². The van der Waals surface area contributed by atoms with E-state index < -0.39 is 15.7 Å². The lowest BCUT2D eigenvalue weighted by molar-refractivity contribution is 0.586. The molecule has 18 heavy (non-hydrogen) atoms. The number of hydrogen-bond donors (Lipinski definition) is 0. The van der Waals surface area contributed by atoms with Crippen molar-refractivity contribution in [1.82, 2.24) is 9.59 Å². The molecule has 0 bridgehead atoms. The summed E-state index contributed by atoms with van der Waals surface area (Å²) < 4.78 is 41.0. The van der Waals surface area contributed by atoms with Crippen LogP contribution in [0.1, 0.15) is 16.1 Å². The van der Waals surface area contributed by atoms with E-state index in [9.17, 15) is 12.8 Å². The van der Waals surface area contributed by atoms with E-state index in [1.54, 1.807) is 13.0 Å². The van der Waals surface area contributed by atoms with E-state index in [-0.39, 0.29) is 17.1 Å². The quantitative estimate of drug-likeness (QED) is 0.863. The summed E-state index contributed by atoms with van der Waals surface area (Å²) in [6.07, 6.45) is 0. The third-order valence-corrected chi connectivity index (χ3v) is 4.92. The van der Waals surface area contributed by atoms with Crippen LogP contribution in [0.25, 0.3) is 0 Å². The third kappa shape index (κ3) is 3.11. The van der Waals surface area contributed by atoms with E-state index in [0.29, 0.717) is 10.6 Å². The van der Waals surface area contributed by atoms with Gasteiger partial charge in [-0.25, -0.2) is 12.8 Å². The Hall–Kier alpha value is -1.34. The SMILES string of the molecule is Cc1nnsc1CS(=O)(=O)Cc1ccccc1F. The van der Waals surface area contributed by atoms with Gasteiger partial charge in [0.05, 0.1) is 22.1 Å². The van der Waals surface area contributed by atoms with Crippen LogP contribution in [0.15, 0.2) is 24.3 Å². The lowest BCUT2D eigenvalue weighted by atomic mass is 10.2. The standard InChI is InChI=1S/C11H11FN2O2S2/c1-8-11(17-14-13-8)7-18(15,16)6-9-4-2-3-5-10(9)12/h2-5H,6-7H2,1H3. The van der Waals surface area contributed by atoms with Crippen molar-refractivity contribution >= 4 is 21.4 Å². The van der Waals surface area contributed by atoms with Crippen molar-refractivity contribution in [2.24, 2.45) is 0 Å². The van der Waals surface area contributed by atoms with Crippen LogP contribution in [0.4, 0.5) is 4.39 Å². The first-order valence-corrected chi connectivity index (χ1v) is 7.79. The number of nitrogens with zero attached hydrogens (tertiary/aromatic N) is 2. The minimum Gasteiger partial charge on any atom is -0.228 e. The fourth-order valence-corrected chi connectivity index (χ4v) is 4.09. The highest BCUT2D eigenvalue weighted by molar-refractivity contribution is 7.90. The maximum atomic E-state index is 13.4. The van der Waals surface area contributed by atoms with Gasteiger partial charge >= 0.3 is 0 Å². The molecule has 0 fully saturated rings. The van der Waals surface area contributed by atoms with Gasteiger partial charge in [-0.05, 0) is 24.5 Å². The van der Waals surface area contributed by atoms with E-state index in [4.69, 9.17) is 0 Å². The van der Waals surface area contributed by atoms with Gasteiger partial charge < -0.3 is 0 Å². The Morgan fingerprint density at radius 2 is 2.00 bits per heavy atom. The Morgan fingerprint density at radius 1 is 1.28 bits per heavy atom. The summed E-state index contributed by atoms with van der Waals surface area (Å²) in [4.78, 5) is 0.603. The van der Waals surface area contributed by atoms with Crippen molar-refractivity contribution in [2.75, 3.05) is 0 Å². The van der Waals surface area contributed by atoms with Crippen LogP contribution < -0.4 is 0 Å². The number of aromatic nitrogens is 2.